The van der Waals surface area contributed by atoms with Gasteiger partial charge in [0.2, 0.25) is 0 Å². The van der Waals surface area contributed by atoms with E-state index in [2.05, 4.69) is 4.98 Å². The minimum atomic E-state index is -1.02. The number of ether oxygens (including phenoxy) is 1. The van der Waals surface area contributed by atoms with Gasteiger partial charge in [0.25, 0.3) is 0 Å². The van der Waals surface area contributed by atoms with Crippen molar-refractivity contribution in [2.24, 2.45) is 0 Å². The van der Waals surface area contributed by atoms with E-state index in [9.17, 15) is 4.79 Å². The zero-order valence-electron chi connectivity index (χ0n) is 10.9. The number of carboxylic acid groups (broad SMARTS) is 1. The van der Waals surface area contributed by atoms with Gasteiger partial charge >= 0.3 is 5.97 Å². The summed E-state index contributed by atoms with van der Waals surface area (Å²) in [4.78, 5) is 14.9. The smallest absolute Gasteiger partial charge is 0.339 e. The minimum absolute atomic E-state index is 0.124. The van der Waals surface area contributed by atoms with Crippen LogP contribution >= 0.6 is 0 Å². The zero-order chi connectivity index (χ0) is 13.8. The molecule has 4 nitrogen and oxygen atoms in total. The molecular weight excluding hydrogens is 242 g/mol. The highest BCUT2D eigenvalue weighted by Crippen LogP contribution is 2.18. The highest BCUT2D eigenvalue weighted by atomic mass is 16.5. The van der Waals surface area contributed by atoms with E-state index in [1.807, 2.05) is 32.0 Å². The van der Waals surface area contributed by atoms with Crippen molar-refractivity contribution >= 4 is 5.97 Å². The molecule has 1 aromatic carbocycles. The van der Waals surface area contributed by atoms with Crippen molar-refractivity contribution in [1.29, 1.82) is 0 Å². The third-order valence-corrected chi connectivity index (χ3v) is 2.98. The summed E-state index contributed by atoms with van der Waals surface area (Å²) in [5.74, 6) is -0.731. The average Bonchev–Trinajstić information content (AvgIpc) is 2.40. The average molecular weight is 257 g/mol. The molecule has 2 rings (SSSR count). The summed E-state index contributed by atoms with van der Waals surface area (Å²) in [6.45, 7) is 4.41. The molecule has 0 aliphatic carbocycles. The fourth-order valence-electron chi connectivity index (χ4n) is 1.73. The molecule has 19 heavy (non-hydrogen) atoms. The van der Waals surface area contributed by atoms with Crippen molar-refractivity contribution in [3.8, 4) is 5.75 Å². The molecule has 2 aromatic rings. The first-order valence-corrected chi connectivity index (χ1v) is 5.94. The van der Waals surface area contributed by atoms with Gasteiger partial charge in [-0.2, -0.15) is 0 Å². The Labute approximate surface area is 111 Å². The summed E-state index contributed by atoms with van der Waals surface area (Å²) in [5.41, 5.74) is 3.53. The number of hydrogen-bond donors (Lipinski definition) is 1. The number of aromatic nitrogens is 1. The number of nitrogens with zero attached hydrogens (tertiary/aromatic N) is 1. The summed E-state index contributed by atoms with van der Waals surface area (Å²) in [6.07, 6.45) is 2.86. The summed E-state index contributed by atoms with van der Waals surface area (Å²) in [7, 11) is 0. The Bertz CT molecular complexity index is 608. The quantitative estimate of drug-likeness (QED) is 0.914. The lowest BCUT2D eigenvalue weighted by Gasteiger charge is -2.09. The van der Waals surface area contributed by atoms with Crippen molar-refractivity contribution in [2.45, 2.75) is 20.5 Å². The van der Waals surface area contributed by atoms with Crippen LogP contribution in [0.25, 0.3) is 0 Å². The molecule has 1 heterocycles. The fraction of sp³-hybridized carbons (Fsp3) is 0.200. The van der Waals surface area contributed by atoms with Crippen LogP contribution in [0.3, 0.4) is 0 Å². The maximum Gasteiger partial charge on any atom is 0.339 e. The molecule has 4 heteroatoms. The van der Waals surface area contributed by atoms with Gasteiger partial charge in [-0.15, -0.1) is 0 Å². The number of carbonyl (C=O) groups is 1. The molecule has 0 saturated heterocycles. The van der Waals surface area contributed by atoms with Gasteiger partial charge in [-0.1, -0.05) is 18.2 Å². The Hall–Kier alpha value is -2.36. The number of carboxylic acids is 1. The van der Waals surface area contributed by atoms with Crippen LogP contribution in [0.1, 0.15) is 27.0 Å². The van der Waals surface area contributed by atoms with E-state index in [4.69, 9.17) is 9.84 Å². The zero-order valence-corrected chi connectivity index (χ0v) is 10.9. The van der Waals surface area contributed by atoms with E-state index >= 15 is 0 Å². The topological polar surface area (TPSA) is 59.4 Å². The standard InChI is InChI=1S/C15H15NO3/c1-10-3-4-12(7-11(10)2)9-19-14-8-16-6-5-13(14)15(17)18/h3-8H,9H2,1-2H3,(H,17,18). The summed E-state index contributed by atoms with van der Waals surface area (Å²) in [5, 5.41) is 9.04. The molecular formula is C15H15NO3. The molecule has 0 saturated carbocycles. The Kier molecular flexibility index (Phi) is 3.80. The molecule has 0 fully saturated rings. The Morgan fingerprint density at radius 1 is 1.26 bits per heavy atom. The second kappa shape index (κ2) is 5.52. The number of rotatable bonds is 4. The third-order valence-electron chi connectivity index (χ3n) is 2.98. The van der Waals surface area contributed by atoms with Crippen molar-refractivity contribution in [1.82, 2.24) is 4.98 Å². The monoisotopic (exact) mass is 257 g/mol. The summed E-state index contributed by atoms with van der Waals surface area (Å²) in [6, 6.07) is 7.46. The van der Waals surface area contributed by atoms with Gasteiger partial charge in [0.1, 0.15) is 12.2 Å². The first-order chi connectivity index (χ1) is 9.08. The molecule has 0 radical (unpaired) electrons. The number of aromatic carboxylic acids is 1. The van der Waals surface area contributed by atoms with Crippen LogP contribution in [0.2, 0.25) is 0 Å². The van der Waals surface area contributed by atoms with E-state index in [0.29, 0.717) is 6.61 Å². The van der Waals surface area contributed by atoms with Crippen LogP contribution in [0.4, 0.5) is 0 Å². The van der Waals surface area contributed by atoms with Crippen molar-refractivity contribution in [2.75, 3.05) is 0 Å². The minimum Gasteiger partial charge on any atom is -0.486 e. The number of aryl methyl sites for hydroxylation is 2. The van der Waals surface area contributed by atoms with Crippen LogP contribution in [-0.4, -0.2) is 16.1 Å². The van der Waals surface area contributed by atoms with E-state index in [1.165, 1.54) is 29.6 Å². The van der Waals surface area contributed by atoms with E-state index in [0.717, 1.165) is 5.56 Å². The lowest BCUT2D eigenvalue weighted by atomic mass is 10.1. The van der Waals surface area contributed by atoms with E-state index in [1.54, 1.807) is 0 Å². The number of hydrogen-bond acceptors (Lipinski definition) is 3. The van der Waals surface area contributed by atoms with Crippen molar-refractivity contribution < 1.29 is 14.6 Å². The second-order valence-electron chi connectivity index (χ2n) is 4.38. The van der Waals surface area contributed by atoms with Crippen molar-refractivity contribution in [3.05, 3.63) is 58.9 Å². The maximum atomic E-state index is 11.0. The number of pyridine rings is 1. The van der Waals surface area contributed by atoms with Crippen LogP contribution in [0, 0.1) is 13.8 Å². The van der Waals surface area contributed by atoms with Gasteiger partial charge in [-0.05, 0) is 36.6 Å². The molecule has 0 aliphatic rings. The molecule has 0 unspecified atom stereocenters. The highest BCUT2D eigenvalue weighted by molar-refractivity contribution is 5.90. The van der Waals surface area contributed by atoms with E-state index in [-0.39, 0.29) is 11.3 Å². The lowest BCUT2D eigenvalue weighted by Crippen LogP contribution is -2.04. The molecule has 0 bridgehead atoms. The summed E-state index contributed by atoms with van der Waals surface area (Å²) >= 11 is 0. The van der Waals surface area contributed by atoms with Crippen LogP contribution in [0.5, 0.6) is 5.75 Å². The first-order valence-electron chi connectivity index (χ1n) is 5.94. The predicted molar refractivity (Wildman–Crippen MR) is 71.4 cm³/mol. The Morgan fingerprint density at radius 2 is 2.05 bits per heavy atom. The Balaban J connectivity index is 2.14. The highest BCUT2D eigenvalue weighted by Gasteiger charge is 2.10. The normalized spacial score (nSPS) is 10.2. The predicted octanol–water partition coefficient (Wildman–Crippen LogP) is 2.98. The first kappa shape index (κ1) is 13.1. The van der Waals surface area contributed by atoms with Crippen LogP contribution in [-0.2, 0) is 6.61 Å². The van der Waals surface area contributed by atoms with Gasteiger partial charge in [-0.3, -0.25) is 4.98 Å². The molecule has 1 N–H and O–H groups in total. The van der Waals surface area contributed by atoms with Gasteiger partial charge in [0, 0.05) is 6.20 Å². The number of benzene rings is 1. The third kappa shape index (κ3) is 3.10. The maximum absolute atomic E-state index is 11.0. The lowest BCUT2D eigenvalue weighted by molar-refractivity contribution is 0.0691. The van der Waals surface area contributed by atoms with Gasteiger partial charge in [-0.25, -0.2) is 4.79 Å². The van der Waals surface area contributed by atoms with Gasteiger partial charge < -0.3 is 9.84 Å². The van der Waals surface area contributed by atoms with Crippen LogP contribution in [0.15, 0.2) is 36.7 Å². The van der Waals surface area contributed by atoms with Crippen molar-refractivity contribution in [3.63, 3.8) is 0 Å². The Morgan fingerprint density at radius 3 is 2.74 bits per heavy atom. The van der Waals surface area contributed by atoms with Gasteiger partial charge in [0.05, 0.1) is 6.20 Å². The molecule has 0 aliphatic heterocycles. The van der Waals surface area contributed by atoms with Gasteiger partial charge in [0.15, 0.2) is 5.75 Å². The molecule has 0 spiro atoms. The molecule has 0 atom stereocenters. The molecule has 98 valence electrons. The fourth-order valence-corrected chi connectivity index (χ4v) is 1.73. The molecule has 1 aromatic heterocycles. The summed E-state index contributed by atoms with van der Waals surface area (Å²) < 4.78 is 5.54. The largest absolute Gasteiger partial charge is 0.486 e. The molecule has 0 amide bonds. The second-order valence-corrected chi connectivity index (χ2v) is 4.38. The van der Waals surface area contributed by atoms with Crippen LogP contribution < -0.4 is 4.74 Å². The SMILES string of the molecule is Cc1ccc(COc2cnccc2C(=O)O)cc1C. The van der Waals surface area contributed by atoms with E-state index < -0.39 is 5.97 Å².